The molecule has 0 aliphatic carbocycles. The minimum atomic E-state index is -0.774. The number of nitrogens with zero attached hydrogens (tertiary/aromatic N) is 2. The molecule has 4 atom stereocenters. The van der Waals surface area contributed by atoms with Crippen LogP contribution in [-0.2, 0) is 27.3 Å². The summed E-state index contributed by atoms with van der Waals surface area (Å²) in [6.45, 7) is 1.57. The molecule has 2 fully saturated rings. The number of amides is 2. The van der Waals surface area contributed by atoms with E-state index in [1.165, 1.54) is 17.7 Å². The van der Waals surface area contributed by atoms with E-state index >= 15 is 0 Å². The maximum atomic E-state index is 13.6. The first-order valence-electron chi connectivity index (χ1n) is 10.4. The second kappa shape index (κ2) is 6.25. The standard InChI is InChI=1S/C24H21FN2O3/c25-17-5-7-18(8-6-17)27-14-24-11-9-19(30-24)20(21(24)23(27)29)22(28)26-12-10-15-3-1-2-4-16(15)13-26/h1-9,11,19-21H,10,12-14H2/t19-,20-,21-,24-/m0/s1. The van der Waals surface area contributed by atoms with Crippen molar-refractivity contribution in [3.63, 3.8) is 0 Å². The van der Waals surface area contributed by atoms with E-state index in [1.807, 2.05) is 29.2 Å². The molecule has 30 heavy (non-hydrogen) atoms. The molecule has 2 aromatic carbocycles. The maximum absolute atomic E-state index is 13.6. The van der Waals surface area contributed by atoms with Gasteiger partial charge in [0.1, 0.15) is 11.4 Å². The lowest BCUT2D eigenvalue weighted by atomic mass is 9.76. The molecular weight excluding hydrogens is 383 g/mol. The number of carbonyl (C=O) groups excluding carboxylic acids is 2. The lowest BCUT2D eigenvalue weighted by Gasteiger charge is -2.33. The number of halogens is 1. The van der Waals surface area contributed by atoms with Crippen LogP contribution < -0.4 is 4.90 Å². The Hall–Kier alpha value is -2.99. The molecule has 4 aliphatic rings. The highest BCUT2D eigenvalue weighted by Crippen LogP contribution is 2.53. The van der Waals surface area contributed by atoms with Crippen LogP contribution in [0.5, 0.6) is 0 Å². The average Bonchev–Trinajstić information content (AvgIpc) is 3.42. The summed E-state index contributed by atoms with van der Waals surface area (Å²) < 4.78 is 19.6. The van der Waals surface area contributed by atoms with Gasteiger partial charge >= 0.3 is 0 Å². The average molecular weight is 404 g/mol. The van der Waals surface area contributed by atoms with Crippen LogP contribution in [0.3, 0.4) is 0 Å². The fourth-order valence-corrected chi connectivity index (χ4v) is 5.51. The highest BCUT2D eigenvalue weighted by Gasteiger charge is 2.67. The first-order chi connectivity index (χ1) is 14.6. The summed E-state index contributed by atoms with van der Waals surface area (Å²) in [5.41, 5.74) is 2.30. The summed E-state index contributed by atoms with van der Waals surface area (Å²) in [6, 6.07) is 14.1. The quantitative estimate of drug-likeness (QED) is 0.724. The normalized spacial score (nSPS) is 31.2. The lowest BCUT2D eigenvalue weighted by Crippen LogP contribution is -2.47. The first-order valence-corrected chi connectivity index (χ1v) is 10.4. The van der Waals surface area contributed by atoms with E-state index < -0.39 is 17.4 Å². The Balaban J connectivity index is 1.30. The van der Waals surface area contributed by atoms with Crippen LogP contribution in [0.15, 0.2) is 60.7 Å². The Morgan fingerprint density at radius 1 is 1.10 bits per heavy atom. The molecule has 2 aromatic rings. The van der Waals surface area contributed by atoms with Crippen molar-refractivity contribution in [2.75, 3.05) is 18.0 Å². The topological polar surface area (TPSA) is 49.9 Å². The predicted molar refractivity (Wildman–Crippen MR) is 108 cm³/mol. The van der Waals surface area contributed by atoms with Crippen molar-refractivity contribution >= 4 is 17.5 Å². The third-order valence-corrected chi connectivity index (χ3v) is 6.97. The summed E-state index contributed by atoms with van der Waals surface area (Å²) in [4.78, 5) is 30.5. The molecule has 4 heterocycles. The van der Waals surface area contributed by atoms with E-state index in [9.17, 15) is 14.0 Å². The van der Waals surface area contributed by atoms with Gasteiger partial charge in [-0.3, -0.25) is 9.59 Å². The van der Waals surface area contributed by atoms with Crippen LogP contribution >= 0.6 is 0 Å². The summed E-state index contributed by atoms with van der Waals surface area (Å²) >= 11 is 0. The van der Waals surface area contributed by atoms with Crippen LogP contribution in [0.25, 0.3) is 0 Å². The van der Waals surface area contributed by atoms with E-state index in [0.29, 0.717) is 25.3 Å². The number of hydrogen-bond donors (Lipinski definition) is 0. The molecule has 1 spiro atoms. The molecule has 2 amide bonds. The van der Waals surface area contributed by atoms with Crippen LogP contribution in [0.1, 0.15) is 11.1 Å². The smallest absolute Gasteiger partial charge is 0.234 e. The summed E-state index contributed by atoms with van der Waals surface area (Å²) in [5, 5.41) is 0. The molecule has 0 N–H and O–H groups in total. The number of carbonyl (C=O) groups is 2. The van der Waals surface area contributed by atoms with Gasteiger partial charge in [-0.25, -0.2) is 4.39 Å². The number of benzene rings is 2. The monoisotopic (exact) mass is 404 g/mol. The number of hydrogen-bond acceptors (Lipinski definition) is 3. The van der Waals surface area contributed by atoms with Crippen molar-refractivity contribution in [3.8, 4) is 0 Å². The maximum Gasteiger partial charge on any atom is 0.234 e. The van der Waals surface area contributed by atoms with Crippen molar-refractivity contribution in [2.24, 2.45) is 11.8 Å². The van der Waals surface area contributed by atoms with Crippen molar-refractivity contribution in [2.45, 2.75) is 24.7 Å². The SMILES string of the molecule is O=C([C@H]1[C@@H]2C=C[C@@]3(CN(c4ccc(F)cc4)C(=O)[C@H]13)O2)N1CCc2ccccc2C1. The van der Waals surface area contributed by atoms with Crippen molar-refractivity contribution in [1.82, 2.24) is 4.90 Å². The second-order valence-corrected chi connectivity index (χ2v) is 8.58. The van der Waals surface area contributed by atoms with Crippen LogP contribution in [0.4, 0.5) is 10.1 Å². The molecule has 2 saturated heterocycles. The zero-order chi connectivity index (χ0) is 20.5. The Morgan fingerprint density at radius 3 is 2.67 bits per heavy atom. The molecule has 2 bridgehead atoms. The molecule has 6 rings (SSSR count). The number of anilines is 1. The van der Waals surface area contributed by atoms with Gasteiger partial charge in [0.2, 0.25) is 11.8 Å². The summed E-state index contributed by atoms with van der Waals surface area (Å²) in [5.74, 6) is -1.54. The van der Waals surface area contributed by atoms with Crippen molar-refractivity contribution < 1.29 is 18.7 Å². The van der Waals surface area contributed by atoms with E-state index in [-0.39, 0.29) is 23.7 Å². The van der Waals surface area contributed by atoms with E-state index in [4.69, 9.17) is 4.74 Å². The second-order valence-electron chi connectivity index (χ2n) is 8.58. The third-order valence-electron chi connectivity index (χ3n) is 6.97. The van der Waals surface area contributed by atoms with E-state index in [1.54, 1.807) is 17.0 Å². The Morgan fingerprint density at radius 2 is 1.87 bits per heavy atom. The van der Waals surface area contributed by atoms with Gasteiger partial charge in [0.15, 0.2) is 0 Å². The molecule has 4 aliphatic heterocycles. The van der Waals surface area contributed by atoms with Gasteiger partial charge in [-0.1, -0.05) is 36.4 Å². The van der Waals surface area contributed by atoms with E-state index in [2.05, 4.69) is 12.1 Å². The fraction of sp³-hybridized carbons (Fsp3) is 0.333. The minimum absolute atomic E-state index is 0.0139. The molecule has 5 nitrogen and oxygen atoms in total. The lowest BCUT2D eigenvalue weighted by molar-refractivity contribution is -0.141. The number of ether oxygens (including phenoxy) is 1. The molecule has 0 aromatic heterocycles. The van der Waals surface area contributed by atoms with Gasteiger partial charge in [0, 0.05) is 18.8 Å². The van der Waals surface area contributed by atoms with Gasteiger partial charge < -0.3 is 14.5 Å². The molecule has 0 saturated carbocycles. The Kier molecular flexibility index (Phi) is 3.72. The largest absolute Gasteiger partial charge is 0.360 e. The Bertz CT molecular complexity index is 1080. The molecule has 152 valence electrons. The van der Waals surface area contributed by atoms with Gasteiger partial charge in [0.05, 0.1) is 24.5 Å². The molecule has 6 heteroatoms. The van der Waals surface area contributed by atoms with Gasteiger partial charge in [0.25, 0.3) is 0 Å². The fourth-order valence-electron chi connectivity index (χ4n) is 5.51. The molecule has 0 unspecified atom stereocenters. The van der Waals surface area contributed by atoms with Crippen molar-refractivity contribution in [1.29, 1.82) is 0 Å². The van der Waals surface area contributed by atoms with Crippen molar-refractivity contribution in [3.05, 3.63) is 77.6 Å². The van der Waals surface area contributed by atoms with Gasteiger partial charge in [-0.2, -0.15) is 0 Å². The highest BCUT2D eigenvalue weighted by atomic mass is 19.1. The molecular formula is C24H21FN2O3. The minimum Gasteiger partial charge on any atom is -0.360 e. The summed E-state index contributed by atoms with van der Waals surface area (Å²) in [7, 11) is 0. The zero-order valence-corrected chi connectivity index (χ0v) is 16.3. The van der Waals surface area contributed by atoms with Gasteiger partial charge in [-0.05, 0) is 41.8 Å². The van der Waals surface area contributed by atoms with Gasteiger partial charge in [-0.15, -0.1) is 0 Å². The van der Waals surface area contributed by atoms with E-state index in [0.717, 1.165) is 12.0 Å². The summed E-state index contributed by atoms with van der Waals surface area (Å²) in [6.07, 6.45) is 4.33. The van der Waals surface area contributed by atoms with Crippen LogP contribution in [0, 0.1) is 17.7 Å². The molecule has 0 radical (unpaired) electrons. The predicted octanol–water partition coefficient (Wildman–Crippen LogP) is 2.70. The number of fused-ring (bicyclic) bond motifs is 2. The number of rotatable bonds is 2. The van der Waals surface area contributed by atoms with Crippen LogP contribution in [0.2, 0.25) is 0 Å². The third kappa shape index (κ3) is 2.43. The first kappa shape index (κ1) is 17.8. The Labute approximate surface area is 173 Å². The highest BCUT2D eigenvalue weighted by molar-refractivity contribution is 6.03. The zero-order valence-electron chi connectivity index (χ0n) is 16.3. The van der Waals surface area contributed by atoms with Crippen LogP contribution in [-0.4, -0.2) is 41.5 Å².